The molecule has 0 saturated carbocycles. The summed E-state index contributed by atoms with van der Waals surface area (Å²) in [7, 11) is -3.52. The molecule has 24 heavy (non-hydrogen) atoms. The van der Waals surface area contributed by atoms with Crippen LogP contribution in [0.5, 0.6) is 0 Å². The van der Waals surface area contributed by atoms with E-state index in [1.807, 2.05) is 24.3 Å². The van der Waals surface area contributed by atoms with Gasteiger partial charge in [0.2, 0.25) is 0 Å². The lowest BCUT2D eigenvalue weighted by atomic mass is 10.2. The summed E-state index contributed by atoms with van der Waals surface area (Å²) in [5, 5.41) is 2.54. The minimum Gasteiger partial charge on any atom is -0.302 e. The predicted octanol–water partition coefficient (Wildman–Crippen LogP) is 3.29. The number of aromatic nitrogens is 1. The van der Waals surface area contributed by atoms with Crippen molar-refractivity contribution in [2.24, 2.45) is 0 Å². The number of thiazole rings is 1. The average molecular weight is 430 g/mol. The van der Waals surface area contributed by atoms with E-state index in [9.17, 15) is 8.42 Å². The number of rotatable bonds is 4. The molecule has 1 aliphatic heterocycles. The summed E-state index contributed by atoms with van der Waals surface area (Å²) in [5.74, 6) is 0. The highest BCUT2D eigenvalue weighted by Crippen LogP contribution is 2.28. The molecule has 1 aromatic carbocycles. The van der Waals surface area contributed by atoms with E-state index in [1.54, 1.807) is 9.69 Å². The van der Waals surface area contributed by atoms with Crippen molar-refractivity contribution in [2.45, 2.75) is 18.4 Å². The Hall–Kier alpha value is -0.800. The van der Waals surface area contributed by atoms with Crippen molar-refractivity contribution in [3.8, 4) is 10.6 Å². The standard InChI is InChI=1S/C16H20BrN3O2S2/c1-2-19-8-3-9-20(11-10-19)24(21,22)15-12-23-16(18-15)13-4-6-14(17)7-5-13/h4-7,12H,2-3,8-11H2,1H3. The quantitative estimate of drug-likeness (QED) is 0.747. The summed E-state index contributed by atoms with van der Waals surface area (Å²) < 4.78 is 28.3. The molecule has 1 saturated heterocycles. The number of sulfonamides is 1. The van der Waals surface area contributed by atoms with Crippen molar-refractivity contribution >= 4 is 37.3 Å². The lowest BCUT2D eigenvalue weighted by Crippen LogP contribution is -2.35. The van der Waals surface area contributed by atoms with E-state index in [4.69, 9.17) is 0 Å². The molecular weight excluding hydrogens is 410 g/mol. The van der Waals surface area contributed by atoms with Gasteiger partial charge >= 0.3 is 0 Å². The van der Waals surface area contributed by atoms with Gasteiger partial charge in [-0.2, -0.15) is 4.31 Å². The fraction of sp³-hybridized carbons (Fsp3) is 0.438. The Balaban J connectivity index is 1.81. The third-order valence-electron chi connectivity index (χ3n) is 4.17. The summed E-state index contributed by atoms with van der Waals surface area (Å²) in [6.07, 6.45) is 0.858. The number of hydrogen-bond donors (Lipinski definition) is 0. The summed E-state index contributed by atoms with van der Waals surface area (Å²) in [6.45, 7) is 5.88. The van der Waals surface area contributed by atoms with Gasteiger partial charge in [0.25, 0.3) is 10.0 Å². The highest BCUT2D eigenvalue weighted by atomic mass is 79.9. The molecule has 2 heterocycles. The van der Waals surface area contributed by atoms with Crippen molar-refractivity contribution in [1.29, 1.82) is 0 Å². The zero-order valence-corrected chi connectivity index (χ0v) is 16.7. The summed E-state index contributed by atoms with van der Waals surface area (Å²) in [6, 6.07) is 7.73. The van der Waals surface area contributed by atoms with Crippen LogP contribution in [-0.2, 0) is 10.0 Å². The molecule has 1 fully saturated rings. The van der Waals surface area contributed by atoms with E-state index in [0.717, 1.165) is 41.1 Å². The summed E-state index contributed by atoms with van der Waals surface area (Å²) in [5.41, 5.74) is 0.928. The Bertz CT molecular complexity index is 790. The van der Waals surface area contributed by atoms with Gasteiger partial charge in [-0.1, -0.05) is 35.0 Å². The molecule has 2 aromatic rings. The van der Waals surface area contributed by atoms with E-state index in [-0.39, 0.29) is 5.03 Å². The molecule has 0 spiro atoms. The van der Waals surface area contributed by atoms with Gasteiger partial charge in [0.05, 0.1) is 0 Å². The molecule has 0 aliphatic carbocycles. The van der Waals surface area contributed by atoms with Gasteiger partial charge < -0.3 is 4.90 Å². The van der Waals surface area contributed by atoms with Gasteiger partial charge in [0.1, 0.15) is 5.01 Å². The maximum Gasteiger partial charge on any atom is 0.261 e. The molecule has 1 aliphatic rings. The van der Waals surface area contributed by atoms with Crippen molar-refractivity contribution in [3.63, 3.8) is 0 Å². The maximum absolute atomic E-state index is 12.9. The average Bonchev–Trinajstić information content (AvgIpc) is 2.94. The second-order valence-electron chi connectivity index (χ2n) is 5.69. The molecule has 0 bridgehead atoms. The SMILES string of the molecule is CCN1CCCN(S(=O)(=O)c2csc(-c3ccc(Br)cc3)n2)CC1. The van der Waals surface area contributed by atoms with E-state index >= 15 is 0 Å². The predicted molar refractivity (Wildman–Crippen MR) is 101 cm³/mol. The molecule has 1 aromatic heterocycles. The number of halogens is 1. The van der Waals surface area contributed by atoms with Crippen LogP contribution in [0.3, 0.4) is 0 Å². The van der Waals surface area contributed by atoms with Crippen LogP contribution in [0.4, 0.5) is 0 Å². The third-order valence-corrected chi connectivity index (χ3v) is 7.53. The van der Waals surface area contributed by atoms with E-state index in [1.165, 1.54) is 11.3 Å². The van der Waals surface area contributed by atoms with Crippen molar-refractivity contribution in [2.75, 3.05) is 32.7 Å². The van der Waals surface area contributed by atoms with Crippen LogP contribution in [0.25, 0.3) is 10.6 Å². The zero-order valence-electron chi connectivity index (χ0n) is 13.5. The largest absolute Gasteiger partial charge is 0.302 e. The van der Waals surface area contributed by atoms with Gasteiger partial charge in [0, 0.05) is 35.1 Å². The van der Waals surface area contributed by atoms with Crippen LogP contribution < -0.4 is 0 Å². The fourth-order valence-corrected chi connectivity index (χ4v) is 5.54. The van der Waals surface area contributed by atoms with E-state index in [0.29, 0.717) is 13.1 Å². The van der Waals surface area contributed by atoms with Crippen LogP contribution in [-0.4, -0.2) is 55.3 Å². The number of likely N-dealkylation sites (N-methyl/N-ethyl adjacent to an activating group) is 1. The van der Waals surface area contributed by atoms with Crippen molar-refractivity contribution in [1.82, 2.24) is 14.2 Å². The Morgan fingerprint density at radius 2 is 1.92 bits per heavy atom. The first-order valence-corrected chi connectivity index (χ1v) is 11.1. The molecule has 0 radical (unpaired) electrons. The number of nitrogens with zero attached hydrogens (tertiary/aromatic N) is 3. The van der Waals surface area contributed by atoms with Gasteiger partial charge in [0.15, 0.2) is 5.03 Å². The Labute approximate surface area is 155 Å². The van der Waals surface area contributed by atoms with Gasteiger partial charge in [-0.05, 0) is 31.6 Å². The minimum atomic E-state index is -3.52. The van der Waals surface area contributed by atoms with Crippen LogP contribution in [0.2, 0.25) is 0 Å². The van der Waals surface area contributed by atoms with Crippen LogP contribution in [0, 0.1) is 0 Å². The number of benzene rings is 1. The Morgan fingerprint density at radius 1 is 1.17 bits per heavy atom. The van der Waals surface area contributed by atoms with Crippen molar-refractivity contribution in [3.05, 3.63) is 34.1 Å². The van der Waals surface area contributed by atoms with Crippen LogP contribution in [0.15, 0.2) is 39.1 Å². The van der Waals surface area contributed by atoms with Gasteiger partial charge in [-0.15, -0.1) is 11.3 Å². The molecule has 0 unspecified atom stereocenters. The van der Waals surface area contributed by atoms with E-state index in [2.05, 4.69) is 32.7 Å². The van der Waals surface area contributed by atoms with Crippen LogP contribution in [0.1, 0.15) is 13.3 Å². The summed E-state index contributed by atoms with van der Waals surface area (Å²) in [4.78, 5) is 6.67. The molecule has 3 rings (SSSR count). The molecule has 8 heteroatoms. The first-order valence-electron chi connectivity index (χ1n) is 7.94. The Morgan fingerprint density at radius 3 is 2.62 bits per heavy atom. The molecule has 0 N–H and O–H groups in total. The molecule has 5 nitrogen and oxygen atoms in total. The molecule has 0 amide bonds. The van der Waals surface area contributed by atoms with Gasteiger partial charge in [-0.25, -0.2) is 13.4 Å². The highest BCUT2D eigenvalue weighted by molar-refractivity contribution is 9.10. The topological polar surface area (TPSA) is 53.5 Å². The third kappa shape index (κ3) is 3.88. The second kappa shape index (κ2) is 7.61. The molecule has 0 atom stereocenters. The lowest BCUT2D eigenvalue weighted by Gasteiger charge is -2.19. The lowest BCUT2D eigenvalue weighted by molar-refractivity contribution is 0.301. The zero-order chi connectivity index (χ0) is 17.2. The smallest absolute Gasteiger partial charge is 0.261 e. The monoisotopic (exact) mass is 429 g/mol. The maximum atomic E-state index is 12.9. The first-order chi connectivity index (χ1) is 11.5. The normalized spacial score (nSPS) is 17.8. The first kappa shape index (κ1) is 18.0. The van der Waals surface area contributed by atoms with Gasteiger partial charge in [-0.3, -0.25) is 0 Å². The minimum absolute atomic E-state index is 0.162. The van der Waals surface area contributed by atoms with E-state index < -0.39 is 10.0 Å². The fourth-order valence-electron chi connectivity index (χ4n) is 2.74. The summed E-state index contributed by atoms with van der Waals surface area (Å²) >= 11 is 4.77. The Kier molecular flexibility index (Phi) is 5.71. The molecule has 130 valence electrons. The second-order valence-corrected chi connectivity index (χ2v) is 9.35. The molecular formula is C16H20BrN3O2S2. The highest BCUT2D eigenvalue weighted by Gasteiger charge is 2.28. The van der Waals surface area contributed by atoms with Crippen molar-refractivity contribution < 1.29 is 8.42 Å². The van der Waals surface area contributed by atoms with Crippen LogP contribution >= 0.6 is 27.3 Å². The number of hydrogen-bond acceptors (Lipinski definition) is 5.